The summed E-state index contributed by atoms with van der Waals surface area (Å²) in [5.74, 6) is -0.201. The molecule has 0 spiro atoms. The molecule has 2 aromatic heterocycles. The first-order valence-corrected chi connectivity index (χ1v) is 8.09. The summed E-state index contributed by atoms with van der Waals surface area (Å²) in [6.07, 6.45) is 0.915. The summed E-state index contributed by atoms with van der Waals surface area (Å²) in [5.41, 5.74) is 2.11. The summed E-state index contributed by atoms with van der Waals surface area (Å²) in [6, 6.07) is 10.8. The molecule has 8 heteroatoms. The zero-order chi connectivity index (χ0) is 18.7. The number of benzene rings is 1. The summed E-state index contributed by atoms with van der Waals surface area (Å²) in [6.45, 7) is 2.00. The van der Waals surface area contributed by atoms with Gasteiger partial charge in [-0.3, -0.25) is 9.48 Å². The third-order valence-electron chi connectivity index (χ3n) is 4.06. The molecule has 0 fully saturated rings. The Morgan fingerprint density at radius 1 is 1.27 bits per heavy atom. The fourth-order valence-electron chi connectivity index (χ4n) is 2.59. The first-order chi connectivity index (χ1) is 12.4. The van der Waals surface area contributed by atoms with Gasteiger partial charge in [-0.1, -0.05) is 12.1 Å². The van der Waals surface area contributed by atoms with Gasteiger partial charge in [0.1, 0.15) is 12.2 Å². The molecule has 0 N–H and O–H groups in total. The predicted octanol–water partition coefficient (Wildman–Crippen LogP) is 2.97. The van der Waals surface area contributed by atoms with Crippen molar-refractivity contribution in [2.24, 2.45) is 0 Å². The second kappa shape index (κ2) is 7.47. The van der Waals surface area contributed by atoms with Gasteiger partial charge in [0.25, 0.3) is 6.43 Å². The van der Waals surface area contributed by atoms with E-state index in [4.69, 9.17) is 0 Å². The molecule has 0 saturated heterocycles. The van der Waals surface area contributed by atoms with Gasteiger partial charge in [-0.05, 0) is 36.8 Å². The Labute approximate surface area is 149 Å². The number of hydrogen-bond acceptors (Lipinski definition) is 3. The van der Waals surface area contributed by atoms with E-state index in [1.165, 1.54) is 10.7 Å². The van der Waals surface area contributed by atoms with Crippen LogP contribution in [0.25, 0.3) is 5.69 Å². The smallest absolute Gasteiger partial charge is 0.282 e. The van der Waals surface area contributed by atoms with Crippen molar-refractivity contribution >= 4 is 5.91 Å². The Morgan fingerprint density at radius 3 is 2.58 bits per heavy atom. The molecule has 0 bridgehead atoms. The average Bonchev–Trinajstić information content (AvgIpc) is 3.26. The molecule has 1 amide bonds. The SMILES string of the molecule is Cc1cc(C(F)F)nn1CC(=O)N(C)Cc1ccc(-n2cccn2)cc1. The molecule has 1 aromatic carbocycles. The molecule has 3 rings (SSSR count). The number of rotatable bonds is 6. The fourth-order valence-corrected chi connectivity index (χ4v) is 2.59. The van der Waals surface area contributed by atoms with Gasteiger partial charge < -0.3 is 4.90 Å². The zero-order valence-electron chi connectivity index (χ0n) is 14.5. The van der Waals surface area contributed by atoms with E-state index in [1.54, 1.807) is 29.7 Å². The standard InChI is InChI=1S/C18H19F2N5O/c1-13-10-16(18(19)20)22-25(13)12-17(26)23(2)11-14-4-6-15(7-5-14)24-9-3-8-21-24/h3-10,18H,11-12H2,1-2H3. The number of alkyl halides is 2. The number of carbonyl (C=O) groups excluding carboxylic acids is 1. The van der Waals surface area contributed by atoms with Gasteiger partial charge in [-0.2, -0.15) is 10.2 Å². The van der Waals surface area contributed by atoms with Crippen molar-refractivity contribution in [3.05, 3.63) is 65.7 Å². The van der Waals surface area contributed by atoms with Crippen LogP contribution in [-0.4, -0.2) is 37.4 Å². The van der Waals surface area contributed by atoms with E-state index < -0.39 is 6.43 Å². The van der Waals surface area contributed by atoms with Gasteiger partial charge >= 0.3 is 0 Å². The molecule has 3 aromatic rings. The van der Waals surface area contributed by atoms with Gasteiger partial charge in [0.05, 0.1) is 5.69 Å². The van der Waals surface area contributed by atoms with Crippen molar-refractivity contribution in [2.45, 2.75) is 26.4 Å². The lowest BCUT2D eigenvalue weighted by atomic mass is 10.2. The maximum Gasteiger partial charge on any atom is 0.282 e. The summed E-state index contributed by atoms with van der Waals surface area (Å²) in [4.78, 5) is 13.9. The van der Waals surface area contributed by atoms with Crippen LogP contribution in [0, 0.1) is 6.92 Å². The van der Waals surface area contributed by atoms with E-state index in [9.17, 15) is 13.6 Å². The molecule has 0 saturated carbocycles. The van der Waals surface area contributed by atoms with Crippen molar-refractivity contribution < 1.29 is 13.6 Å². The number of amides is 1. The Bertz CT molecular complexity index is 872. The number of hydrogen-bond donors (Lipinski definition) is 0. The first kappa shape index (κ1) is 17.8. The number of likely N-dealkylation sites (N-methyl/N-ethyl adjacent to an activating group) is 1. The Hall–Kier alpha value is -3.03. The van der Waals surface area contributed by atoms with Crippen LogP contribution in [0.1, 0.15) is 23.4 Å². The highest BCUT2D eigenvalue weighted by Gasteiger charge is 2.17. The van der Waals surface area contributed by atoms with E-state index >= 15 is 0 Å². The van der Waals surface area contributed by atoms with Crippen LogP contribution in [0.2, 0.25) is 0 Å². The highest BCUT2D eigenvalue weighted by atomic mass is 19.3. The van der Waals surface area contributed by atoms with Crippen molar-refractivity contribution in [3.8, 4) is 5.69 Å². The normalized spacial score (nSPS) is 11.1. The molecule has 26 heavy (non-hydrogen) atoms. The van der Waals surface area contributed by atoms with Gasteiger partial charge in [0.15, 0.2) is 0 Å². The molecule has 0 aliphatic carbocycles. The fraction of sp³-hybridized carbons (Fsp3) is 0.278. The van der Waals surface area contributed by atoms with Crippen LogP contribution < -0.4 is 0 Å². The quantitative estimate of drug-likeness (QED) is 0.680. The van der Waals surface area contributed by atoms with Crippen LogP contribution in [0.3, 0.4) is 0 Å². The minimum atomic E-state index is -2.64. The second-order valence-electron chi connectivity index (χ2n) is 6.04. The predicted molar refractivity (Wildman–Crippen MR) is 92.0 cm³/mol. The van der Waals surface area contributed by atoms with Gasteiger partial charge in [-0.15, -0.1) is 0 Å². The van der Waals surface area contributed by atoms with Gasteiger partial charge in [0.2, 0.25) is 5.91 Å². The third kappa shape index (κ3) is 3.96. The van der Waals surface area contributed by atoms with Crippen molar-refractivity contribution in [1.82, 2.24) is 24.5 Å². The third-order valence-corrected chi connectivity index (χ3v) is 4.06. The monoisotopic (exact) mass is 359 g/mol. The first-order valence-electron chi connectivity index (χ1n) is 8.09. The van der Waals surface area contributed by atoms with Gasteiger partial charge in [-0.25, -0.2) is 13.5 Å². The minimum Gasteiger partial charge on any atom is -0.340 e. The molecule has 136 valence electrons. The molecule has 0 radical (unpaired) electrons. The lowest BCUT2D eigenvalue weighted by molar-refractivity contribution is -0.131. The number of carbonyl (C=O) groups is 1. The summed E-state index contributed by atoms with van der Waals surface area (Å²) < 4.78 is 28.5. The molecule has 0 unspecified atom stereocenters. The Morgan fingerprint density at radius 2 is 2.00 bits per heavy atom. The van der Waals surface area contributed by atoms with E-state index in [2.05, 4.69) is 10.2 Å². The van der Waals surface area contributed by atoms with E-state index in [-0.39, 0.29) is 18.1 Å². The van der Waals surface area contributed by atoms with Crippen LogP contribution in [-0.2, 0) is 17.9 Å². The lowest BCUT2D eigenvalue weighted by Gasteiger charge is -2.18. The average molecular weight is 359 g/mol. The zero-order valence-corrected chi connectivity index (χ0v) is 14.5. The number of nitrogens with zero attached hydrogens (tertiary/aromatic N) is 5. The number of aromatic nitrogens is 4. The molecule has 2 heterocycles. The summed E-state index contributed by atoms with van der Waals surface area (Å²) in [7, 11) is 1.68. The van der Waals surface area contributed by atoms with Crippen LogP contribution in [0.4, 0.5) is 8.78 Å². The maximum atomic E-state index is 12.7. The largest absolute Gasteiger partial charge is 0.340 e. The summed E-state index contributed by atoms with van der Waals surface area (Å²) >= 11 is 0. The van der Waals surface area contributed by atoms with Crippen molar-refractivity contribution in [3.63, 3.8) is 0 Å². The Balaban J connectivity index is 1.62. The molecular weight excluding hydrogens is 340 g/mol. The lowest BCUT2D eigenvalue weighted by Crippen LogP contribution is -2.30. The maximum absolute atomic E-state index is 12.7. The molecule has 0 aliphatic heterocycles. The van der Waals surface area contributed by atoms with E-state index in [0.717, 1.165) is 11.3 Å². The molecule has 6 nitrogen and oxygen atoms in total. The minimum absolute atomic E-state index is 0.0690. The topological polar surface area (TPSA) is 56.0 Å². The number of halogens is 2. The number of aryl methyl sites for hydroxylation is 1. The van der Waals surface area contributed by atoms with Crippen molar-refractivity contribution in [1.29, 1.82) is 0 Å². The second-order valence-corrected chi connectivity index (χ2v) is 6.04. The van der Waals surface area contributed by atoms with E-state index in [0.29, 0.717) is 12.2 Å². The molecular formula is C18H19F2N5O. The van der Waals surface area contributed by atoms with E-state index in [1.807, 2.05) is 36.5 Å². The highest BCUT2D eigenvalue weighted by molar-refractivity contribution is 5.75. The highest BCUT2D eigenvalue weighted by Crippen LogP contribution is 2.18. The molecule has 0 atom stereocenters. The van der Waals surface area contributed by atoms with Crippen LogP contribution in [0.15, 0.2) is 48.8 Å². The van der Waals surface area contributed by atoms with Gasteiger partial charge in [0, 0.05) is 31.7 Å². The summed E-state index contributed by atoms with van der Waals surface area (Å²) in [5, 5.41) is 7.95. The van der Waals surface area contributed by atoms with Crippen LogP contribution in [0.5, 0.6) is 0 Å². The molecule has 0 aliphatic rings. The van der Waals surface area contributed by atoms with Crippen molar-refractivity contribution in [2.75, 3.05) is 7.05 Å². The van der Waals surface area contributed by atoms with Crippen LogP contribution >= 0.6 is 0 Å². The Kier molecular flexibility index (Phi) is 5.11.